The molecule has 0 saturated heterocycles. The van der Waals surface area contributed by atoms with Gasteiger partial charge < -0.3 is 4.90 Å². The molecule has 2 aromatic rings. The molecule has 8 heteroatoms. The number of amidine groups is 1. The summed E-state index contributed by atoms with van der Waals surface area (Å²) >= 11 is 0. The summed E-state index contributed by atoms with van der Waals surface area (Å²) in [5.41, 5.74) is -0.0775. The highest BCUT2D eigenvalue weighted by Gasteiger charge is 2.36. The number of hydrogen-bond donors (Lipinski definition) is 1. The van der Waals surface area contributed by atoms with Gasteiger partial charge in [0.2, 0.25) is 5.95 Å². The van der Waals surface area contributed by atoms with E-state index in [0.717, 1.165) is 18.4 Å². The van der Waals surface area contributed by atoms with Crippen LogP contribution in [-0.2, 0) is 13.6 Å². The number of halogens is 4. The van der Waals surface area contributed by atoms with Crippen molar-refractivity contribution < 1.29 is 17.6 Å². The van der Waals surface area contributed by atoms with E-state index in [4.69, 9.17) is 5.41 Å². The molecule has 1 aromatic heterocycles. The number of hydrogen-bond acceptors (Lipinski definition) is 2. The van der Waals surface area contributed by atoms with Crippen molar-refractivity contribution in [3.05, 3.63) is 52.3 Å². The van der Waals surface area contributed by atoms with Crippen LogP contribution in [0.15, 0.2) is 18.2 Å². The van der Waals surface area contributed by atoms with Crippen LogP contribution in [0.4, 0.5) is 17.6 Å². The average molecular weight is 382 g/mol. The van der Waals surface area contributed by atoms with Gasteiger partial charge in [-0.3, -0.25) is 5.41 Å². The Bertz CT molecular complexity index is 856. The molecule has 1 aromatic carbocycles. The third-order valence-corrected chi connectivity index (χ3v) is 4.83. The number of benzene rings is 1. The minimum Gasteiger partial charge on any atom is -0.349 e. The molecule has 1 heterocycles. The van der Waals surface area contributed by atoms with E-state index in [1.54, 1.807) is 6.07 Å². The lowest BCUT2D eigenvalue weighted by molar-refractivity contribution is 0.144. The van der Waals surface area contributed by atoms with Gasteiger partial charge in [0.1, 0.15) is 22.9 Å². The monoisotopic (exact) mass is 382 g/mol. The van der Waals surface area contributed by atoms with Gasteiger partial charge in [0.05, 0.1) is 0 Å². The lowest BCUT2D eigenvalue weighted by Gasteiger charge is -2.27. The first kappa shape index (κ1) is 19.4. The molecule has 27 heavy (non-hydrogen) atoms. The molecule has 0 atom stereocenters. The first-order valence-corrected chi connectivity index (χ1v) is 8.85. The summed E-state index contributed by atoms with van der Waals surface area (Å²) in [7, 11) is 1.22. The van der Waals surface area contributed by atoms with E-state index < -0.39 is 29.4 Å². The van der Waals surface area contributed by atoms with E-state index in [2.05, 4.69) is 5.10 Å². The van der Waals surface area contributed by atoms with Crippen molar-refractivity contribution in [3.8, 4) is 0 Å². The molecule has 0 aliphatic heterocycles. The summed E-state index contributed by atoms with van der Waals surface area (Å²) in [6.07, 6.45) is -1.50. The Morgan fingerprint density at radius 2 is 1.96 bits per heavy atom. The largest absolute Gasteiger partial charge is 0.349 e. The van der Waals surface area contributed by atoms with Gasteiger partial charge in [0.15, 0.2) is 0 Å². The summed E-state index contributed by atoms with van der Waals surface area (Å²) in [6, 6.07) is 4.68. The number of nitrogens with zero attached hydrogens (tertiary/aromatic N) is 3. The number of nitrogens with one attached hydrogen (secondary N) is 1. The summed E-state index contributed by atoms with van der Waals surface area (Å²) in [5.74, 6) is -1.73. The standard InChI is InChI=1S/C19H22F4N4/c1-10(2)12-5-4-6-14(20)13(12)9-27(11-7-8-11)19(24)15-16(17(21)22)25-26(3)18(15)23/h4-6,10-11,17,24H,7-9H2,1-3H3. The van der Waals surface area contributed by atoms with Crippen molar-refractivity contribution in [2.24, 2.45) is 7.05 Å². The Morgan fingerprint density at radius 3 is 2.52 bits per heavy atom. The SMILES string of the molecule is CC(C)c1cccc(F)c1CN(C(=N)c1c(C(F)F)nn(C)c1F)C1CC1. The molecule has 0 spiro atoms. The van der Waals surface area contributed by atoms with Crippen molar-refractivity contribution in [2.45, 2.75) is 51.6 Å². The maximum absolute atomic E-state index is 14.5. The third-order valence-electron chi connectivity index (χ3n) is 4.83. The molecule has 146 valence electrons. The second-order valence-corrected chi connectivity index (χ2v) is 7.15. The fourth-order valence-electron chi connectivity index (χ4n) is 3.27. The number of aryl methyl sites for hydroxylation is 1. The van der Waals surface area contributed by atoms with Crippen LogP contribution >= 0.6 is 0 Å². The molecule has 1 aliphatic rings. The van der Waals surface area contributed by atoms with Crippen LogP contribution in [-0.4, -0.2) is 26.6 Å². The summed E-state index contributed by atoms with van der Waals surface area (Å²) in [6.45, 7) is 3.89. The van der Waals surface area contributed by atoms with E-state index in [1.807, 2.05) is 19.9 Å². The molecular formula is C19H22F4N4. The first-order chi connectivity index (χ1) is 12.7. The van der Waals surface area contributed by atoms with Gasteiger partial charge in [-0.05, 0) is 30.4 Å². The van der Waals surface area contributed by atoms with Gasteiger partial charge in [-0.15, -0.1) is 0 Å². The molecule has 4 nitrogen and oxygen atoms in total. The van der Waals surface area contributed by atoms with E-state index >= 15 is 0 Å². The van der Waals surface area contributed by atoms with Crippen LogP contribution in [0, 0.1) is 17.2 Å². The Labute approximate surface area is 155 Å². The molecule has 0 radical (unpaired) electrons. The van der Waals surface area contributed by atoms with Gasteiger partial charge in [-0.2, -0.15) is 9.49 Å². The van der Waals surface area contributed by atoms with Gasteiger partial charge in [0.25, 0.3) is 6.43 Å². The quantitative estimate of drug-likeness (QED) is 0.445. The van der Waals surface area contributed by atoms with Gasteiger partial charge >= 0.3 is 0 Å². The van der Waals surface area contributed by atoms with E-state index in [-0.39, 0.29) is 24.3 Å². The zero-order valence-electron chi connectivity index (χ0n) is 15.4. The molecule has 0 amide bonds. The Kier molecular flexibility index (Phi) is 5.26. The Balaban J connectivity index is 2.01. The van der Waals surface area contributed by atoms with Crippen molar-refractivity contribution in [2.75, 3.05) is 0 Å². The van der Waals surface area contributed by atoms with Crippen LogP contribution in [0.3, 0.4) is 0 Å². The highest BCUT2D eigenvalue weighted by atomic mass is 19.3. The van der Waals surface area contributed by atoms with Crippen LogP contribution in [0.25, 0.3) is 0 Å². The molecule has 1 N–H and O–H groups in total. The maximum atomic E-state index is 14.5. The van der Waals surface area contributed by atoms with Crippen molar-refractivity contribution in [3.63, 3.8) is 0 Å². The summed E-state index contributed by atoms with van der Waals surface area (Å²) < 4.78 is 56.2. The number of aromatic nitrogens is 2. The van der Waals surface area contributed by atoms with Crippen LogP contribution in [0.5, 0.6) is 0 Å². The molecular weight excluding hydrogens is 360 g/mol. The normalized spacial score (nSPS) is 14.3. The molecule has 3 rings (SSSR count). The molecule has 0 bridgehead atoms. The van der Waals surface area contributed by atoms with Gasteiger partial charge in [0, 0.05) is 25.2 Å². The minimum atomic E-state index is -3.00. The van der Waals surface area contributed by atoms with Crippen LogP contribution in [0.1, 0.15) is 61.4 Å². The predicted octanol–water partition coefficient (Wildman–Crippen LogP) is 4.75. The van der Waals surface area contributed by atoms with E-state index in [0.29, 0.717) is 10.2 Å². The van der Waals surface area contributed by atoms with Crippen molar-refractivity contribution in [1.82, 2.24) is 14.7 Å². The maximum Gasteiger partial charge on any atom is 0.283 e. The molecule has 0 unspecified atom stereocenters. The minimum absolute atomic E-state index is 0.0285. The highest BCUT2D eigenvalue weighted by molar-refractivity contribution is 5.98. The Morgan fingerprint density at radius 1 is 1.30 bits per heavy atom. The highest BCUT2D eigenvalue weighted by Crippen LogP contribution is 2.34. The number of rotatable bonds is 6. The van der Waals surface area contributed by atoms with Gasteiger partial charge in [-0.1, -0.05) is 26.0 Å². The first-order valence-electron chi connectivity index (χ1n) is 8.85. The molecule has 1 aliphatic carbocycles. The average Bonchev–Trinajstić information content (AvgIpc) is 3.39. The summed E-state index contributed by atoms with van der Waals surface area (Å²) in [4.78, 5) is 1.51. The lowest BCUT2D eigenvalue weighted by atomic mass is 9.96. The third kappa shape index (κ3) is 3.70. The zero-order chi connectivity index (χ0) is 19.9. The fourth-order valence-corrected chi connectivity index (χ4v) is 3.27. The van der Waals surface area contributed by atoms with Crippen LogP contribution < -0.4 is 0 Å². The van der Waals surface area contributed by atoms with Crippen molar-refractivity contribution >= 4 is 5.84 Å². The van der Waals surface area contributed by atoms with Crippen molar-refractivity contribution in [1.29, 1.82) is 5.41 Å². The van der Waals surface area contributed by atoms with Gasteiger partial charge in [-0.25, -0.2) is 17.9 Å². The Hall–Kier alpha value is -2.38. The second kappa shape index (κ2) is 7.32. The lowest BCUT2D eigenvalue weighted by Crippen LogP contribution is -2.34. The fraction of sp³-hybridized carbons (Fsp3) is 0.474. The van der Waals surface area contributed by atoms with E-state index in [9.17, 15) is 17.6 Å². The van der Waals surface area contributed by atoms with E-state index in [1.165, 1.54) is 18.0 Å². The summed E-state index contributed by atoms with van der Waals surface area (Å²) in [5, 5.41) is 11.9. The zero-order valence-corrected chi connectivity index (χ0v) is 15.4. The smallest absolute Gasteiger partial charge is 0.283 e. The number of alkyl halides is 2. The topological polar surface area (TPSA) is 44.9 Å². The predicted molar refractivity (Wildman–Crippen MR) is 94.0 cm³/mol. The molecule has 1 fully saturated rings. The second-order valence-electron chi connectivity index (χ2n) is 7.15. The molecule has 1 saturated carbocycles. The van der Waals surface area contributed by atoms with Crippen LogP contribution in [0.2, 0.25) is 0 Å².